The third-order valence-corrected chi connectivity index (χ3v) is 14.4. The van der Waals surface area contributed by atoms with Crippen LogP contribution in [0.3, 0.4) is 0 Å². The molecule has 0 aliphatic carbocycles. The van der Waals surface area contributed by atoms with Crippen molar-refractivity contribution in [2.24, 2.45) is 0 Å². The predicted octanol–water partition coefficient (Wildman–Crippen LogP) is 1.62. The Morgan fingerprint density at radius 3 is 1.19 bits per heavy atom. The van der Waals surface area contributed by atoms with Crippen LogP contribution in [0.4, 0.5) is 9.59 Å². The summed E-state index contributed by atoms with van der Waals surface area (Å²) in [6, 6.07) is 0.940. The quantitative estimate of drug-likeness (QED) is 0.0254. The molecule has 0 unspecified atom stereocenters. The molecule has 0 fully saturated rings. The van der Waals surface area contributed by atoms with E-state index >= 15 is 0 Å². The lowest BCUT2D eigenvalue weighted by Crippen LogP contribution is -2.49. The molecule has 35 heteroatoms. The Kier molecular flexibility index (Phi) is 41.1. The summed E-state index contributed by atoms with van der Waals surface area (Å²) in [5, 5.41) is 94.3. The smallest absolute Gasteiger partial charge is 0.326 e. The van der Waals surface area contributed by atoms with Gasteiger partial charge >= 0.3 is 47.9 Å². The molecule has 534 valence electrons. The lowest BCUT2D eigenvalue weighted by Gasteiger charge is -2.26. The molecule has 0 aromatic carbocycles. The predicted molar refractivity (Wildman–Crippen MR) is 334 cm³/mol. The van der Waals surface area contributed by atoms with Crippen LogP contribution in [-0.2, 0) is 92.9 Å². The van der Waals surface area contributed by atoms with E-state index in [0.29, 0.717) is 95.1 Å². The number of urea groups is 2. The van der Waals surface area contributed by atoms with E-state index in [0.717, 1.165) is 0 Å². The third-order valence-electron chi connectivity index (χ3n) is 14.4. The number of pyridine rings is 2. The van der Waals surface area contributed by atoms with Crippen molar-refractivity contribution in [1.29, 1.82) is 0 Å². The van der Waals surface area contributed by atoms with Crippen molar-refractivity contribution in [2.45, 2.75) is 192 Å². The number of rotatable bonds is 56. The molecule has 0 aliphatic heterocycles. The number of carboxylic acids is 6. The minimum atomic E-state index is -1.48. The number of amides is 7. The van der Waals surface area contributed by atoms with E-state index in [1.54, 1.807) is 6.07 Å². The molecule has 2 heterocycles. The van der Waals surface area contributed by atoms with Crippen LogP contribution >= 0.6 is 0 Å². The molecular formula is C61H91N11O24. The second kappa shape index (κ2) is 48.0. The van der Waals surface area contributed by atoms with Crippen LogP contribution in [0.15, 0.2) is 24.3 Å². The molecule has 2 aromatic heterocycles. The second-order valence-corrected chi connectivity index (χ2v) is 22.4. The number of aliphatic carboxylic acids is 6. The van der Waals surface area contributed by atoms with Gasteiger partial charge < -0.3 is 87.5 Å². The van der Waals surface area contributed by atoms with Gasteiger partial charge in [-0.2, -0.15) is 0 Å². The first-order valence-corrected chi connectivity index (χ1v) is 31.5. The number of Topliss-reactive ketones (excluding diaryl/α,β-unsaturated/α-hetero) is 1. The number of nitrogens with one attached hydrogen (secondary N) is 7. The highest BCUT2D eigenvalue weighted by molar-refractivity contribution is 5.84. The van der Waals surface area contributed by atoms with Crippen LogP contribution in [0.25, 0.3) is 0 Å². The molecular weight excluding hydrogens is 1270 g/mol. The highest BCUT2D eigenvalue weighted by Gasteiger charge is 2.26. The van der Waals surface area contributed by atoms with Crippen molar-refractivity contribution in [1.82, 2.24) is 57.0 Å². The Morgan fingerprint density at radius 2 is 0.802 bits per heavy atom. The lowest BCUT2D eigenvalue weighted by atomic mass is 10.0. The standard InChI is InChI=1S/C61H91N11O24/c73-38-95-52(69-60(93)67-43(58(89)90)22-27-54(81)82)15-7-10-30-62-49(78)13-5-2-1-4-12-42(75)21-17-40-18-24-47(76)45(65-40)34-71(36-56(85)86)32-33-72(37-57(87)88)35-46-48(77)25-19-41(66-46)20-26-51(80)64-29-9-3-6-14-50(79)63-31-11-8-16-53(96-39-74)70-61(94)68-44(59(91)92)23-28-55(83)84/h18-19,24-25,38-39,43-44,52-53,76-77H,1-17,20-23,26-37H2,(H,62,78)(H,63,79)(H,64,80)(H,81,82)(H,83,84)(H,85,86)(H,87,88)(H,89,90)(H,91,92)(H2,67,69,93)(H2,68,70,94)/t43-,44-,52+,53+/m0/s1. The summed E-state index contributed by atoms with van der Waals surface area (Å²) in [7, 11) is 0. The minimum absolute atomic E-state index is 0.0246. The number of aryl methyl sites for hydroxylation is 2. The number of ether oxygens (including phenoxy) is 2. The minimum Gasteiger partial charge on any atom is -0.506 e. The van der Waals surface area contributed by atoms with E-state index in [9.17, 15) is 97.8 Å². The van der Waals surface area contributed by atoms with Crippen LogP contribution in [0.1, 0.15) is 164 Å². The number of carbonyl (C=O) groups excluding carboxylic acids is 8. The number of unbranched alkanes of at least 4 members (excludes halogenated alkanes) is 7. The topological polar surface area (TPSA) is 536 Å². The monoisotopic (exact) mass is 1360 g/mol. The van der Waals surface area contributed by atoms with Crippen molar-refractivity contribution in [3.63, 3.8) is 0 Å². The molecule has 2 aromatic rings. The number of aromatic nitrogens is 2. The Bertz CT molecular complexity index is 2680. The fourth-order valence-corrected chi connectivity index (χ4v) is 9.37. The molecule has 0 saturated heterocycles. The molecule has 0 radical (unpaired) electrons. The summed E-state index contributed by atoms with van der Waals surface area (Å²) in [4.78, 5) is 177. The van der Waals surface area contributed by atoms with Crippen LogP contribution < -0.4 is 37.2 Å². The average molecular weight is 1360 g/mol. The van der Waals surface area contributed by atoms with Crippen molar-refractivity contribution < 1.29 is 117 Å². The number of nitrogens with zero attached hydrogens (tertiary/aromatic N) is 4. The van der Waals surface area contributed by atoms with E-state index in [2.05, 4.69) is 47.2 Å². The molecule has 96 heavy (non-hydrogen) atoms. The number of hydrogen-bond donors (Lipinski definition) is 15. The number of aromatic hydroxyl groups is 2. The first-order chi connectivity index (χ1) is 45.8. The number of carboxylic acid groups (broad SMARTS) is 6. The van der Waals surface area contributed by atoms with E-state index < -0.39 is 98.3 Å². The van der Waals surface area contributed by atoms with Gasteiger partial charge in [0.1, 0.15) is 29.4 Å². The van der Waals surface area contributed by atoms with Gasteiger partial charge in [0, 0.05) is 115 Å². The summed E-state index contributed by atoms with van der Waals surface area (Å²) in [5.74, 6) is -8.95. The molecule has 2 rings (SSSR count). The highest BCUT2D eigenvalue weighted by atomic mass is 16.5. The summed E-state index contributed by atoms with van der Waals surface area (Å²) in [6.07, 6.45) is 3.73. The molecule has 4 atom stereocenters. The molecule has 15 N–H and O–H groups in total. The summed E-state index contributed by atoms with van der Waals surface area (Å²) in [6.45, 7) is -0.259. The summed E-state index contributed by atoms with van der Waals surface area (Å²) < 4.78 is 9.69. The third kappa shape index (κ3) is 39.7. The summed E-state index contributed by atoms with van der Waals surface area (Å²) in [5.41, 5.74) is 1.15. The Labute approximate surface area is 553 Å². The van der Waals surface area contributed by atoms with E-state index in [-0.39, 0.29) is 163 Å². The molecule has 35 nitrogen and oxygen atoms in total. The van der Waals surface area contributed by atoms with Gasteiger partial charge in [0.25, 0.3) is 12.9 Å². The molecule has 0 aliphatic rings. The van der Waals surface area contributed by atoms with Crippen molar-refractivity contribution in [3.05, 3.63) is 47.0 Å². The van der Waals surface area contributed by atoms with Crippen molar-refractivity contribution in [3.8, 4) is 11.5 Å². The fourth-order valence-electron chi connectivity index (χ4n) is 9.37. The maximum Gasteiger partial charge on any atom is 0.326 e. The Hall–Kier alpha value is -9.80. The van der Waals surface area contributed by atoms with Crippen LogP contribution in [0.5, 0.6) is 11.5 Å². The Morgan fingerprint density at radius 1 is 0.427 bits per heavy atom. The van der Waals surface area contributed by atoms with E-state index in [1.165, 1.54) is 28.0 Å². The second-order valence-electron chi connectivity index (χ2n) is 22.4. The van der Waals surface area contributed by atoms with Crippen LogP contribution in [0, 0.1) is 0 Å². The largest absolute Gasteiger partial charge is 0.506 e. The van der Waals surface area contributed by atoms with Crippen LogP contribution in [0.2, 0.25) is 0 Å². The molecule has 7 amide bonds. The molecule has 0 saturated carbocycles. The number of carbonyl (C=O) groups is 14. The molecule has 0 bridgehead atoms. The van der Waals surface area contributed by atoms with E-state index in [1.807, 2.05) is 0 Å². The van der Waals surface area contributed by atoms with Gasteiger partial charge in [-0.3, -0.25) is 67.7 Å². The van der Waals surface area contributed by atoms with Crippen molar-refractivity contribution >= 4 is 84.3 Å². The first kappa shape index (κ1) is 82.3. The highest BCUT2D eigenvalue weighted by Crippen LogP contribution is 2.21. The number of ketones is 1. The molecule has 0 spiro atoms. The Balaban J connectivity index is 1.74. The number of hydrogen-bond acceptors (Lipinski definition) is 22. The maximum absolute atomic E-state index is 12.8. The van der Waals surface area contributed by atoms with Gasteiger partial charge in [0.2, 0.25) is 17.7 Å². The zero-order valence-corrected chi connectivity index (χ0v) is 53.5. The normalized spacial score (nSPS) is 12.2. The lowest BCUT2D eigenvalue weighted by molar-refractivity contribution is -0.142. The first-order valence-electron chi connectivity index (χ1n) is 31.5. The zero-order chi connectivity index (χ0) is 71.2. The van der Waals surface area contributed by atoms with Gasteiger partial charge in [0.15, 0.2) is 12.5 Å². The van der Waals surface area contributed by atoms with Gasteiger partial charge in [-0.25, -0.2) is 19.2 Å². The van der Waals surface area contributed by atoms with Crippen LogP contribution in [-0.4, -0.2) is 215 Å². The zero-order valence-electron chi connectivity index (χ0n) is 53.5. The SMILES string of the molecule is O=CO[C@H](CCCCNC(=O)CCCCCCC(=O)CCc1ccc(O)c(CN(CCN(CC(=O)O)Cc2nc(CCC(=O)NCCCCCC(=O)NCCCC[C@H](NC(=O)N[C@@H](CCC(=O)O)C(=O)O)OC=O)ccc2O)CC(=O)O)n1)NC(=O)N[C@@H](CCC(=O)O)C(=O)O. The van der Waals surface area contributed by atoms with E-state index in [4.69, 9.17) is 19.7 Å². The van der Waals surface area contributed by atoms with Gasteiger partial charge in [0.05, 0.1) is 24.5 Å². The summed E-state index contributed by atoms with van der Waals surface area (Å²) >= 11 is 0. The van der Waals surface area contributed by atoms with Gasteiger partial charge in [-0.1, -0.05) is 19.3 Å². The van der Waals surface area contributed by atoms with Gasteiger partial charge in [-0.15, -0.1) is 0 Å². The maximum atomic E-state index is 12.8. The fraction of sp³-hybridized carbons (Fsp3) is 0.607. The van der Waals surface area contributed by atoms with Crippen molar-refractivity contribution in [2.75, 3.05) is 45.8 Å². The average Bonchev–Trinajstić information content (AvgIpc) is 0.966. The van der Waals surface area contributed by atoms with Gasteiger partial charge in [-0.05, 0) is 101 Å².